The molecule has 132 valence electrons. The number of carbonyl (C=O) groups is 3. The van der Waals surface area contributed by atoms with Crippen molar-refractivity contribution >= 4 is 39.4 Å². The Kier molecular flexibility index (Phi) is 5.63. The molecule has 0 saturated heterocycles. The monoisotopic (exact) mass is 408 g/mol. The van der Waals surface area contributed by atoms with Gasteiger partial charge < -0.3 is 14.9 Å². The molecule has 0 aliphatic carbocycles. The zero-order valence-electron chi connectivity index (χ0n) is 13.9. The van der Waals surface area contributed by atoms with E-state index in [0.29, 0.717) is 5.75 Å². The number of nitrogens with two attached hydrogens (primary N) is 1. The van der Waals surface area contributed by atoms with Gasteiger partial charge in [-0.25, -0.2) is 0 Å². The lowest BCUT2D eigenvalue weighted by Gasteiger charge is -2.14. The Labute approximate surface area is 152 Å². The van der Waals surface area contributed by atoms with Crippen LogP contribution in [-0.2, 0) is 4.79 Å². The summed E-state index contributed by atoms with van der Waals surface area (Å²) in [5.41, 5.74) is 5.23. The van der Waals surface area contributed by atoms with Gasteiger partial charge in [0.05, 0.1) is 5.56 Å². The smallest absolute Gasteiger partial charge is 0.267 e. The van der Waals surface area contributed by atoms with Gasteiger partial charge in [0.15, 0.2) is 11.9 Å². The molecule has 25 heavy (non-hydrogen) atoms. The highest BCUT2D eigenvalue weighted by molar-refractivity contribution is 9.10. The molecule has 0 bridgehead atoms. The van der Waals surface area contributed by atoms with Crippen LogP contribution in [0, 0.1) is 6.92 Å². The number of carbonyl (C=O) groups excluding carboxylic acids is 3. The maximum Gasteiger partial charge on any atom is 0.267 e. The molecule has 8 heteroatoms. The van der Waals surface area contributed by atoms with Gasteiger partial charge in [0.25, 0.3) is 11.8 Å². The van der Waals surface area contributed by atoms with Crippen LogP contribution in [0.2, 0.25) is 0 Å². The molecule has 3 N–H and O–H groups in total. The van der Waals surface area contributed by atoms with E-state index in [1.807, 2.05) is 0 Å². The number of nitrogens with one attached hydrogen (secondary N) is 1. The topological polar surface area (TPSA) is 112 Å². The zero-order chi connectivity index (χ0) is 18.7. The van der Waals surface area contributed by atoms with E-state index < -0.39 is 17.9 Å². The van der Waals surface area contributed by atoms with Crippen LogP contribution in [0.4, 0.5) is 5.88 Å². The fourth-order valence-corrected chi connectivity index (χ4v) is 2.54. The van der Waals surface area contributed by atoms with Crippen LogP contribution >= 0.6 is 15.9 Å². The summed E-state index contributed by atoms with van der Waals surface area (Å²) in [7, 11) is 0. The molecule has 2 rings (SSSR count). The molecule has 1 unspecified atom stereocenters. The Morgan fingerprint density at radius 1 is 1.20 bits per heavy atom. The molecule has 1 aromatic heterocycles. The number of hydrogen-bond donors (Lipinski definition) is 2. The maximum atomic E-state index is 12.3. The Hall–Kier alpha value is -2.61. The minimum absolute atomic E-state index is 0.0595. The molecule has 7 nitrogen and oxygen atoms in total. The van der Waals surface area contributed by atoms with Gasteiger partial charge in [-0.1, -0.05) is 15.9 Å². The van der Waals surface area contributed by atoms with Crippen molar-refractivity contribution < 1.29 is 23.5 Å². The number of hydrogen-bond acceptors (Lipinski definition) is 5. The van der Waals surface area contributed by atoms with Crippen LogP contribution in [0.25, 0.3) is 0 Å². The Morgan fingerprint density at radius 2 is 1.80 bits per heavy atom. The quantitative estimate of drug-likeness (QED) is 0.713. The summed E-state index contributed by atoms with van der Waals surface area (Å²) in [5.74, 6) is -1.24. The van der Waals surface area contributed by atoms with Crippen molar-refractivity contribution in [1.29, 1.82) is 0 Å². The summed E-state index contributed by atoms with van der Waals surface area (Å²) in [6.07, 6.45) is -0.868. The number of rotatable bonds is 6. The van der Waals surface area contributed by atoms with Crippen LogP contribution in [0.5, 0.6) is 5.75 Å². The van der Waals surface area contributed by atoms with Gasteiger partial charge in [0.2, 0.25) is 5.88 Å². The first-order valence-corrected chi connectivity index (χ1v) is 8.17. The summed E-state index contributed by atoms with van der Waals surface area (Å²) in [6.45, 7) is 4.35. The molecule has 2 amide bonds. The molecule has 0 fully saturated rings. The summed E-state index contributed by atoms with van der Waals surface area (Å²) < 4.78 is 11.8. The van der Waals surface area contributed by atoms with Gasteiger partial charge in [-0.05, 0) is 45.0 Å². The number of benzene rings is 1. The Bertz CT molecular complexity index is 826. The van der Waals surface area contributed by atoms with E-state index in [1.54, 1.807) is 31.2 Å². The van der Waals surface area contributed by atoms with Crippen LogP contribution in [0.1, 0.15) is 40.3 Å². The highest BCUT2D eigenvalue weighted by Gasteiger charge is 2.27. The number of aryl methyl sites for hydroxylation is 1. The van der Waals surface area contributed by atoms with Gasteiger partial charge in [-0.2, -0.15) is 0 Å². The molecule has 0 aliphatic rings. The number of amides is 2. The van der Waals surface area contributed by atoms with Crippen molar-refractivity contribution in [3.05, 3.63) is 45.6 Å². The number of halogens is 1. The molecule has 0 aliphatic heterocycles. The predicted molar refractivity (Wildman–Crippen MR) is 94.8 cm³/mol. The second-order valence-corrected chi connectivity index (χ2v) is 6.28. The Balaban J connectivity index is 2.19. The minimum Gasteiger partial charge on any atom is -0.481 e. The number of Topliss-reactive ketones (excluding diaryl/α,β-unsaturated/α-hetero) is 1. The number of anilines is 1. The van der Waals surface area contributed by atoms with E-state index in [9.17, 15) is 14.4 Å². The largest absolute Gasteiger partial charge is 0.481 e. The van der Waals surface area contributed by atoms with Crippen LogP contribution in [0.15, 0.2) is 33.2 Å². The predicted octanol–water partition coefficient (Wildman–Crippen LogP) is 3.06. The van der Waals surface area contributed by atoms with Crippen molar-refractivity contribution in [2.45, 2.75) is 26.9 Å². The SMILES string of the molecule is CC(=O)c1c(C)oc(NC(=O)C(C)Oc2ccc(Br)cc2)c1C(N)=O. The van der Waals surface area contributed by atoms with E-state index in [0.717, 1.165) is 4.47 Å². The molecule has 1 aromatic carbocycles. The summed E-state index contributed by atoms with van der Waals surface area (Å²) in [4.78, 5) is 35.6. The highest BCUT2D eigenvalue weighted by Crippen LogP contribution is 2.27. The van der Waals surface area contributed by atoms with Gasteiger partial charge in [0, 0.05) is 4.47 Å². The number of furan rings is 1. The van der Waals surface area contributed by atoms with Crippen molar-refractivity contribution in [2.24, 2.45) is 5.73 Å². The Morgan fingerprint density at radius 3 is 2.32 bits per heavy atom. The maximum absolute atomic E-state index is 12.3. The van der Waals surface area contributed by atoms with E-state index in [1.165, 1.54) is 13.8 Å². The second kappa shape index (κ2) is 7.52. The van der Waals surface area contributed by atoms with Gasteiger partial charge in [-0.15, -0.1) is 0 Å². The number of ketones is 1. The summed E-state index contributed by atoms with van der Waals surface area (Å²) in [5, 5.41) is 2.45. The van der Waals surface area contributed by atoms with Crippen molar-refractivity contribution in [1.82, 2.24) is 0 Å². The molecule has 2 aromatic rings. The lowest BCUT2D eigenvalue weighted by Crippen LogP contribution is -2.31. The second-order valence-electron chi connectivity index (χ2n) is 5.36. The van der Waals surface area contributed by atoms with E-state index >= 15 is 0 Å². The van der Waals surface area contributed by atoms with E-state index in [-0.39, 0.29) is 28.6 Å². The minimum atomic E-state index is -0.868. The fourth-order valence-electron chi connectivity index (χ4n) is 2.28. The zero-order valence-corrected chi connectivity index (χ0v) is 15.5. The molecular formula is C17H17BrN2O5. The first-order chi connectivity index (χ1) is 11.7. The van der Waals surface area contributed by atoms with E-state index in [2.05, 4.69) is 21.2 Å². The van der Waals surface area contributed by atoms with Crippen LogP contribution < -0.4 is 15.8 Å². The third-order valence-electron chi connectivity index (χ3n) is 3.42. The van der Waals surface area contributed by atoms with Gasteiger partial charge >= 0.3 is 0 Å². The first kappa shape index (κ1) is 18.7. The average Bonchev–Trinajstić information content (AvgIpc) is 2.85. The van der Waals surface area contributed by atoms with E-state index in [4.69, 9.17) is 14.9 Å². The lowest BCUT2D eigenvalue weighted by atomic mass is 10.1. The normalized spacial score (nSPS) is 11.7. The third kappa shape index (κ3) is 4.27. The van der Waals surface area contributed by atoms with Crippen molar-refractivity contribution in [3.8, 4) is 5.75 Å². The van der Waals surface area contributed by atoms with Gasteiger partial charge in [-0.3, -0.25) is 19.7 Å². The molecule has 1 heterocycles. The standard InChI is InChI=1S/C17H17BrN2O5/c1-8(21)13-9(2)25-17(14(13)15(19)22)20-16(23)10(3)24-12-6-4-11(18)5-7-12/h4-7,10H,1-3H3,(H2,19,22)(H,20,23). The number of primary amides is 1. The molecular weight excluding hydrogens is 392 g/mol. The summed E-state index contributed by atoms with van der Waals surface area (Å²) >= 11 is 3.31. The fraction of sp³-hybridized carbons (Fsp3) is 0.235. The molecule has 0 saturated carbocycles. The third-order valence-corrected chi connectivity index (χ3v) is 3.94. The van der Waals surface area contributed by atoms with Crippen molar-refractivity contribution in [3.63, 3.8) is 0 Å². The van der Waals surface area contributed by atoms with Crippen molar-refractivity contribution in [2.75, 3.05) is 5.32 Å². The molecule has 0 spiro atoms. The number of ether oxygens (including phenoxy) is 1. The van der Waals surface area contributed by atoms with Crippen LogP contribution in [-0.4, -0.2) is 23.7 Å². The molecule has 1 atom stereocenters. The van der Waals surface area contributed by atoms with Crippen LogP contribution in [0.3, 0.4) is 0 Å². The lowest BCUT2D eigenvalue weighted by molar-refractivity contribution is -0.122. The molecule has 0 radical (unpaired) electrons. The average molecular weight is 409 g/mol. The highest BCUT2D eigenvalue weighted by atomic mass is 79.9. The first-order valence-electron chi connectivity index (χ1n) is 7.38. The van der Waals surface area contributed by atoms with Gasteiger partial charge in [0.1, 0.15) is 17.1 Å². The summed E-state index contributed by atoms with van der Waals surface area (Å²) in [6, 6.07) is 6.96.